The summed E-state index contributed by atoms with van der Waals surface area (Å²) in [4.78, 5) is 55.6. The Hall–Kier alpha value is -2.53. The minimum Gasteiger partial charge on any atom is -0.463 e. The smallest absolute Gasteiger partial charge is 0.303 e. The highest BCUT2D eigenvalue weighted by atomic mass is 16.6. The molecule has 0 aromatic rings. The molecule has 0 amide bonds. The number of carbonyl (C=O) groups excluding carboxylic acids is 5. The Morgan fingerprint density at radius 2 is 1.29 bits per heavy atom. The molecular formula is C24H40O11. The van der Waals surface area contributed by atoms with Gasteiger partial charge >= 0.3 is 23.9 Å². The van der Waals surface area contributed by atoms with Crippen LogP contribution in [0.3, 0.4) is 0 Å². The molecule has 35 heavy (non-hydrogen) atoms. The normalized spacial score (nSPS) is 21.1. The van der Waals surface area contributed by atoms with Crippen LogP contribution in [0.1, 0.15) is 74.1 Å². The number of aldehydes is 1. The van der Waals surface area contributed by atoms with Gasteiger partial charge < -0.3 is 29.2 Å². The van der Waals surface area contributed by atoms with Gasteiger partial charge in [0.2, 0.25) is 0 Å². The van der Waals surface area contributed by atoms with Crippen LogP contribution < -0.4 is 0 Å². The zero-order valence-electron chi connectivity index (χ0n) is 21.6. The van der Waals surface area contributed by atoms with Crippen molar-refractivity contribution in [3.63, 3.8) is 0 Å². The van der Waals surface area contributed by atoms with Gasteiger partial charge in [0.25, 0.3) is 0 Å². The van der Waals surface area contributed by atoms with Crippen molar-refractivity contribution in [2.24, 2.45) is 11.3 Å². The SMILES string of the molecule is CC(=O)OCC(O)C(OC(C)=O)C(OC(C)=O)C(C=O)OC(C)=O.CC(C)(C)C1CCC(O)CC1. The van der Waals surface area contributed by atoms with E-state index in [4.69, 9.17) is 14.2 Å². The molecule has 1 rings (SSSR count). The van der Waals surface area contributed by atoms with Crippen molar-refractivity contribution in [1.29, 1.82) is 0 Å². The molecule has 2 N–H and O–H groups in total. The molecule has 0 aromatic heterocycles. The van der Waals surface area contributed by atoms with Crippen LogP contribution in [0.5, 0.6) is 0 Å². The summed E-state index contributed by atoms with van der Waals surface area (Å²) in [7, 11) is 0. The van der Waals surface area contributed by atoms with Crippen molar-refractivity contribution in [3.8, 4) is 0 Å². The summed E-state index contributed by atoms with van der Waals surface area (Å²) in [5.74, 6) is -2.50. The maximum absolute atomic E-state index is 11.3. The number of rotatable bonds is 9. The van der Waals surface area contributed by atoms with E-state index >= 15 is 0 Å². The minimum absolute atomic E-state index is 0.00593. The van der Waals surface area contributed by atoms with E-state index in [1.165, 1.54) is 12.8 Å². The Bertz CT molecular complexity index is 705. The van der Waals surface area contributed by atoms with Crippen LogP contribution >= 0.6 is 0 Å². The van der Waals surface area contributed by atoms with Crippen LogP contribution in [0, 0.1) is 11.3 Å². The topological polar surface area (TPSA) is 163 Å². The molecule has 0 heterocycles. The van der Waals surface area contributed by atoms with Gasteiger partial charge in [0.1, 0.15) is 12.7 Å². The molecule has 202 valence electrons. The van der Waals surface area contributed by atoms with E-state index in [0.717, 1.165) is 46.5 Å². The largest absolute Gasteiger partial charge is 0.463 e. The second-order valence-electron chi connectivity index (χ2n) is 9.60. The van der Waals surface area contributed by atoms with E-state index in [0.29, 0.717) is 5.41 Å². The Morgan fingerprint density at radius 3 is 1.66 bits per heavy atom. The fourth-order valence-corrected chi connectivity index (χ4v) is 3.67. The molecule has 11 nitrogen and oxygen atoms in total. The lowest BCUT2D eigenvalue weighted by Crippen LogP contribution is -2.52. The molecule has 4 unspecified atom stereocenters. The van der Waals surface area contributed by atoms with Crippen molar-refractivity contribution in [2.75, 3.05) is 6.61 Å². The molecule has 1 fully saturated rings. The van der Waals surface area contributed by atoms with Crippen LogP contribution in [0.2, 0.25) is 0 Å². The van der Waals surface area contributed by atoms with Gasteiger partial charge in [-0.2, -0.15) is 0 Å². The average molecular weight is 505 g/mol. The second kappa shape index (κ2) is 15.5. The molecule has 4 atom stereocenters. The number of aliphatic hydroxyl groups is 2. The molecule has 0 aromatic carbocycles. The lowest BCUT2D eigenvalue weighted by Gasteiger charge is -2.35. The fraction of sp³-hybridized carbons (Fsp3) is 0.792. The van der Waals surface area contributed by atoms with E-state index in [-0.39, 0.29) is 12.4 Å². The first-order chi connectivity index (χ1) is 16.1. The van der Waals surface area contributed by atoms with Gasteiger partial charge in [-0.1, -0.05) is 20.8 Å². The highest BCUT2D eigenvalue weighted by Crippen LogP contribution is 2.37. The van der Waals surface area contributed by atoms with Gasteiger partial charge in [0.15, 0.2) is 24.6 Å². The van der Waals surface area contributed by atoms with Crippen LogP contribution in [0.4, 0.5) is 0 Å². The van der Waals surface area contributed by atoms with Crippen molar-refractivity contribution in [3.05, 3.63) is 0 Å². The predicted octanol–water partition coefficient (Wildman–Crippen LogP) is 1.49. The molecule has 0 bridgehead atoms. The first kappa shape index (κ1) is 32.5. The maximum Gasteiger partial charge on any atom is 0.303 e. The van der Waals surface area contributed by atoms with Gasteiger partial charge in [0, 0.05) is 27.7 Å². The molecule has 0 saturated heterocycles. The number of aliphatic hydroxyl groups excluding tert-OH is 2. The summed E-state index contributed by atoms with van der Waals surface area (Å²) in [6, 6.07) is 0. The Labute approximate surface area is 206 Å². The number of esters is 4. The third-order valence-electron chi connectivity index (χ3n) is 5.45. The summed E-state index contributed by atoms with van der Waals surface area (Å²) < 4.78 is 19.0. The molecule has 0 radical (unpaired) electrons. The maximum atomic E-state index is 11.3. The zero-order valence-corrected chi connectivity index (χ0v) is 21.6. The number of carbonyl (C=O) groups is 5. The van der Waals surface area contributed by atoms with Crippen LogP contribution in [0.25, 0.3) is 0 Å². The van der Waals surface area contributed by atoms with Gasteiger partial charge in [-0.25, -0.2) is 0 Å². The van der Waals surface area contributed by atoms with Gasteiger partial charge in [-0.3, -0.25) is 24.0 Å². The molecule has 1 saturated carbocycles. The van der Waals surface area contributed by atoms with Crippen LogP contribution in [-0.2, 0) is 42.9 Å². The number of ether oxygens (including phenoxy) is 4. The number of hydrogen-bond acceptors (Lipinski definition) is 11. The minimum atomic E-state index is -1.64. The average Bonchev–Trinajstić information content (AvgIpc) is 2.72. The van der Waals surface area contributed by atoms with E-state index in [1.807, 2.05) is 0 Å². The molecule has 1 aliphatic carbocycles. The first-order valence-electron chi connectivity index (χ1n) is 11.5. The van der Waals surface area contributed by atoms with Crippen molar-refractivity contribution in [2.45, 2.75) is 105 Å². The Morgan fingerprint density at radius 1 is 0.829 bits per heavy atom. The standard InChI is InChI=1S/C14H20O10.C10H20O/c1-7(16)21-6-11(20)13(23-9(3)18)14(24-10(4)19)12(5-15)22-8(2)17;1-10(2,3)8-4-6-9(11)7-5-8/h5,11-14,20H,6H2,1-4H3;8-9,11H,4-7H2,1-3H3. The van der Waals surface area contributed by atoms with E-state index in [9.17, 15) is 34.2 Å². The van der Waals surface area contributed by atoms with E-state index in [1.54, 1.807) is 0 Å². The Balaban J connectivity index is 0.000000867. The first-order valence-corrected chi connectivity index (χ1v) is 11.5. The third-order valence-corrected chi connectivity index (χ3v) is 5.45. The van der Waals surface area contributed by atoms with E-state index < -0.39 is 54.9 Å². The lowest BCUT2D eigenvalue weighted by atomic mass is 9.72. The monoisotopic (exact) mass is 504 g/mol. The summed E-state index contributed by atoms with van der Waals surface area (Å²) in [5.41, 5.74) is 0.445. The molecule has 1 aliphatic rings. The summed E-state index contributed by atoms with van der Waals surface area (Å²) in [6.45, 7) is 10.4. The third kappa shape index (κ3) is 13.8. The summed E-state index contributed by atoms with van der Waals surface area (Å²) in [5, 5.41) is 19.4. The summed E-state index contributed by atoms with van der Waals surface area (Å²) in [6.07, 6.45) is -1.90. The molecule has 0 spiro atoms. The highest BCUT2D eigenvalue weighted by molar-refractivity contribution is 5.72. The van der Waals surface area contributed by atoms with Crippen molar-refractivity contribution in [1.82, 2.24) is 0 Å². The van der Waals surface area contributed by atoms with Crippen LogP contribution in [0.15, 0.2) is 0 Å². The fourth-order valence-electron chi connectivity index (χ4n) is 3.67. The quantitative estimate of drug-likeness (QED) is 0.266. The van der Waals surface area contributed by atoms with Gasteiger partial charge in [0.05, 0.1) is 6.10 Å². The summed E-state index contributed by atoms with van der Waals surface area (Å²) >= 11 is 0. The molecule has 11 heteroatoms. The highest BCUT2D eigenvalue weighted by Gasteiger charge is 2.41. The lowest BCUT2D eigenvalue weighted by molar-refractivity contribution is -0.195. The second-order valence-corrected chi connectivity index (χ2v) is 9.60. The molecular weight excluding hydrogens is 464 g/mol. The molecule has 0 aliphatic heterocycles. The van der Waals surface area contributed by atoms with Crippen molar-refractivity contribution < 1.29 is 53.1 Å². The Kier molecular flexibility index (Phi) is 14.3. The predicted molar refractivity (Wildman–Crippen MR) is 123 cm³/mol. The van der Waals surface area contributed by atoms with Crippen molar-refractivity contribution >= 4 is 30.2 Å². The van der Waals surface area contributed by atoms with Gasteiger partial charge in [-0.05, 0) is 37.0 Å². The number of hydrogen-bond donors (Lipinski definition) is 2. The van der Waals surface area contributed by atoms with E-state index in [2.05, 4.69) is 25.5 Å². The zero-order chi connectivity index (χ0) is 27.3. The van der Waals surface area contributed by atoms with Crippen LogP contribution in [-0.4, -0.2) is 77.5 Å². The van der Waals surface area contributed by atoms with Gasteiger partial charge in [-0.15, -0.1) is 0 Å².